The lowest BCUT2D eigenvalue weighted by molar-refractivity contribution is 0.0958. The Labute approximate surface area is 214 Å². The number of hydrogen-bond acceptors (Lipinski definition) is 4. The fraction of sp³-hybridized carbons (Fsp3) is 0.207. The van der Waals surface area contributed by atoms with Crippen molar-refractivity contribution in [2.45, 2.75) is 32.8 Å². The number of unbranched alkanes of at least 4 members (excludes halogenated alkanes) is 1. The minimum absolute atomic E-state index is 0.000528. The number of halogens is 1. The molecule has 0 bridgehead atoms. The molecule has 0 atom stereocenters. The molecule has 1 heterocycles. The van der Waals surface area contributed by atoms with Crippen molar-refractivity contribution in [1.29, 1.82) is 0 Å². The number of hydrogen-bond donors (Lipinski definition) is 0. The van der Waals surface area contributed by atoms with Gasteiger partial charge in [0.1, 0.15) is 0 Å². The molecule has 0 N–H and O–H groups in total. The quantitative estimate of drug-likeness (QED) is 0.215. The van der Waals surface area contributed by atoms with Crippen LogP contribution in [-0.2, 0) is 11.3 Å². The Balaban J connectivity index is 1.38. The number of allylic oxidation sites excluding steroid dienone is 1. The number of carbonyl (C=O) groups excluding carboxylic acids is 2. The summed E-state index contributed by atoms with van der Waals surface area (Å²) in [5, 5.41) is 0. The average Bonchev–Trinajstić information content (AvgIpc) is 3.04. The largest absolute Gasteiger partial charge is 0.377 e. The van der Waals surface area contributed by atoms with E-state index in [1.807, 2.05) is 67.6 Å². The van der Waals surface area contributed by atoms with E-state index in [9.17, 15) is 9.59 Å². The van der Waals surface area contributed by atoms with Crippen LogP contribution < -0.4 is 4.90 Å². The van der Waals surface area contributed by atoms with Crippen LogP contribution in [0.15, 0.2) is 94.5 Å². The van der Waals surface area contributed by atoms with Crippen LogP contribution in [0, 0.1) is 0 Å². The van der Waals surface area contributed by atoms with Gasteiger partial charge in [-0.05, 0) is 61.7 Å². The molecule has 6 heteroatoms. The predicted molar refractivity (Wildman–Crippen MR) is 144 cm³/mol. The van der Waals surface area contributed by atoms with Crippen LogP contribution in [0.25, 0.3) is 0 Å². The lowest BCUT2D eigenvalue weighted by Crippen LogP contribution is -2.25. The maximum atomic E-state index is 13.4. The van der Waals surface area contributed by atoms with E-state index in [2.05, 4.69) is 20.9 Å². The minimum atomic E-state index is -0.213. The van der Waals surface area contributed by atoms with Gasteiger partial charge in [-0.3, -0.25) is 19.5 Å². The van der Waals surface area contributed by atoms with E-state index >= 15 is 0 Å². The first-order valence-corrected chi connectivity index (χ1v) is 12.4. The number of rotatable bonds is 9. The fourth-order valence-corrected chi connectivity index (χ4v) is 4.30. The lowest BCUT2D eigenvalue weighted by atomic mass is 10.0. The molecule has 5 nitrogen and oxygen atoms in total. The second-order valence-electron chi connectivity index (χ2n) is 8.35. The third kappa shape index (κ3) is 6.41. The molecule has 0 aliphatic carbocycles. The van der Waals surface area contributed by atoms with Gasteiger partial charge in [0.05, 0.1) is 18.0 Å². The lowest BCUT2D eigenvalue weighted by Gasteiger charge is -2.19. The third-order valence-electron chi connectivity index (χ3n) is 5.69. The molecule has 1 aliphatic heterocycles. The van der Waals surface area contributed by atoms with E-state index in [1.165, 1.54) is 0 Å². The molecule has 4 rings (SSSR count). The highest BCUT2D eigenvalue weighted by molar-refractivity contribution is 9.10. The van der Waals surface area contributed by atoms with Gasteiger partial charge in [0.25, 0.3) is 5.91 Å². The summed E-state index contributed by atoms with van der Waals surface area (Å²) in [6.07, 6.45) is 5.44. The van der Waals surface area contributed by atoms with Crippen LogP contribution in [-0.4, -0.2) is 24.0 Å². The van der Waals surface area contributed by atoms with Crippen LogP contribution >= 0.6 is 15.9 Å². The average molecular weight is 531 g/mol. The Bertz CT molecular complexity index is 1270. The molecule has 0 saturated heterocycles. The number of carbonyl (C=O) groups is 2. The summed E-state index contributed by atoms with van der Waals surface area (Å²) in [4.78, 5) is 32.5. The molecule has 178 valence electrons. The van der Waals surface area contributed by atoms with Crippen molar-refractivity contribution in [1.82, 2.24) is 0 Å². The molecule has 0 spiro atoms. The summed E-state index contributed by atoms with van der Waals surface area (Å²) in [6.45, 7) is 3.07. The van der Waals surface area contributed by atoms with Crippen molar-refractivity contribution in [3.63, 3.8) is 0 Å². The van der Waals surface area contributed by atoms with Gasteiger partial charge >= 0.3 is 0 Å². The van der Waals surface area contributed by atoms with Crippen LogP contribution in [0.1, 0.15) is 52.5 Å². The molecule has 0 fully saturated rings. The van der Waals surface area contributed by atoms with Gasteiger partial charge in [-0.1, -0.05) is 58.4 Å². The normalized spacial score (nSPS) is 12.6. The Kier molecular flexibility index (Phi) is 8.40. The third-order valence-corrected chi connectivity index (χ3v) is 6.38. The number of fused-ring (bicyclic) bond motifs is 1. The van der Waals surface area contributed by atoms with Crippen molar-refractivity contribution in [3.05, 3.63) is 106 Å². The van der Waals surface area contributed by atoms with Crippen LogP contribution in [0.2, 0.25) is 0 Å². The van der Waals surface area contributed by atoms with Crippen LogP contribution in [0.4, 0.5) is 11.4 Å². The Morgan fingerprint density at radius 3 is 2.57 bits per heavy atom. The van der Waals surface area contributed by atoms with Gasteiger partial charge in [0.2, 0.25) is 0 Å². The number of benzene rings is 3. The summed E-state index contributed by atoms with van der Waals surface area (Å²) in [7, 11) is 0. The van der Waals surface area contributed by atoms with Gasteiger partial charge in [0, 0.05) is 40.5 Å². The molecule has 3 aromatic carbocycles. The molecule has 1 amide bonds. The van der Waals surface area contributed by atoms with E-state index in [0.717, 1.165) is 29.8 Å². The zero-order valence-electron chi connectivity index (χ0n) is 19.6. The first-order valence-electron chi connectivity index (χ1n) is 11.6. The van der Waals surface area contributed by atoms with Gasteiger partial charge in [0.15, 0.2) is 5.78 Å². The first kappa shape index (κ1) is 24.8. The van der Waals surface area contributed by atoms with Crippen molar-refractivity contribution in [3.8, 4) is 0 Å². The zero-order valence-corrected chi connectivity index (χ0v) is 21.2. The van der Waals surface area contributed by atoms with E-state index in [4.69, 9.17) is 4.74 Å². The number of amides is 1. The second kappa shape index (κ2) is 11.9. The zero-order chi connectivity index (χ0) is 24.6. The Morgan fingerprint density at radius 2 is 1.74 bits per heavy atom. The van der Waals surface area contributed by atoms with Gasteiger partial charge < -0.3 is 4.74 Å². The van der Waals surface area contributed by atoms with Crippen molar-refractivity contribution in [2.24, 2.45) is 4.99 Å². The van der Waals surface area contributed by atoms with Crippen molar-refractivity contribution >= 4 is 44.7 Å². The monoisotopic (exact) mass is 530 g/mol. The molecule has 0 aromatic heterocycles. The number of Topliss-reactive ketones (excluding diaryl/α,β-unsaturated/α-hetero) is 1. The summed E-state index contributed by atoms with van der Waals surface area (Å²) < 4.78 is 6.39. The smallest absolute Gasteiger partial charge is 0.262 e. The summed E-state index contributed by atoms with van der Waals surface area (Å²) >= 11 is 3.48. The topological polar surface area (TPSA) is 59.0 Å². The standard InChI is InChI=1S/C29H27BrN2O3/c1-21-16-17-32(27-12-6-5-11-26(27)31-21)29(34)23-14-15-25(30)24(19-23)28(33)13-7-8-18-35-20-22-9-3-2-4-10-22/h2-6,9-12,14-17,19H,7-8,13,18,20H2,1H3. The van der Waals surface area contributed by atoms with E-state index in [1.54, 1.807) is 29.3 Å². The van der Waals surface area contributed by atoms with Gasteiger partial charge in [-0.15, -0.1) is 0 Å². The SMILES string of the molecule is CC1=Nc2ccccc2N(C(=O)c2ccc(Br)c(C(=O)CCCCOCc3ccccc3)c2)C=C1. The number of anilines is 1. The highest BCUT2D eigenvalue weighted by Crippen LogP contribution is 2.32. The maximum Gasteiger partial charge on any atom is 0.262 e. The second-order valence-corrected chi connectivity index (χ2v) is 9.20. The molecule has 0 unspecified atom stereocenters. The minimum Gasteiger partial charge on any atom is -0.377 e. The highest BCUT2D eigenvalue weighted by Gasteiger charge is 2.22. The summed E-state index contributed by atoms with van der Waals surface area (Å²) in [5.41, 5.74) is 4.34. The number of aliphatic imine (C=N–C) groups is 1. The summed E-state index contributed by atoms with van der Waals surface area (Å²) in [5.74, 6) is -0.213. The first-order chi connectivity index (χ1) is 17.0. The molecule has 0 radical (unpaired) electrons. The molecule has 0 saturated carbocycles. The van der Waals surface area contributed by atoms with Crippen LogP contribution in [0.3, 0.4) is 0 Å². The number of nitrogens with zero attached hydrogens (tertiary/aromatic N) is 2. The van der Waals surface area contributed by atoms with E-state index in [-0.39, 0.29) is 11.7 Å². The molecule has 35 heavy (non-hydrogen) atoms. The van der Waals surface area contributed by atoms with Gasteiger partial charge in [-0.2, -0.15) is 0 Å². The Hall–Kier alpha value is -3.35. The highest BCUT2D eigenvalue weighted by atomic mass is 79.9. The van der Waals surface area contributed by atoms with Crippen molar-refractivity contribution in [2.75, 3.05) is 11.5 Å². The van der Waals surface area contributed by atoms with Crippen molar-refractivity contribution < 1.29 is 14.3 Å². The van der Waals surface area contributed by atoms with Gasteiger partial charge in [-0.25, -0.2) is 0 Å². The van der Waals surface area contributed by atoms with Crippen LogP contribution in [0.5, 0.6) is 0 Å². The molecule has 1 aliphatic rings. The molecule has 3 aromatic rings. The number of ketones is 1. The molecular weight excluding hydrogens is 504 g/mol. The van der Waals surface area contributed by atoms with E-state index in [0.29, 0.717) is 40.9 Å². The molecular formula is C29H27BrN2O3. The number of ether oxygens (including phenoxy) is 1. The predicted octanol–water partition coefficient (Wildman–Crippen LogP) is 7.29. The maximum absolute atomic E-state index is 13.4. The number of para-hydroxylation sites is 2. The fourth-order valence-electron chi connectivity index (χ4n) is 3.83. The summed E-state index contributed by atoms with van der Waals surface area (Å²) in [6, 6.07) is 22.7. The van der Waals surface area contributed by atoms with E-state index < -0.39 is 0 Å². The Morgan fingerprint density at radius 1 is 0.971 bits per heavy atom.